The average molecular weight is 189 g/mol. The van der Waals surface area contributed by atoms with Gasteiger partial charge >= 0.3 is 0 Å². The molecule has 2 N–H and O–H groups in total. The first-order valence-corrected chi connectivity index (χ1v) is 5.05. The highest BCUT2D eigenvalue weighted by Crippen LogP contribution is 2.06. The second kappa shape index (κ2) is 8.48. The molecule has 0 aromatic carbocycles. The highest BCUT2D eigenvalue weighted by atomic mass is 16.5. The van der Waals surface area contributed by atoms with Gasteiger partial charge in [-0.3, -0.25) is 0 Å². The van der Waals surface area contributed by atoms with E-state index in [2.05, 4.69) is 13.8 Å². The van der Waals surface area contributed by atoms with Crippen LogP contribution in [0, 0.1) is 5.92 Å². The summed E-state index contributed by atoms with van der Waals surface area (Å²) in [5.74, 6) is 0.621. The van der Waals surface area contributed by atoms with Gasteiger partial charge in [0.25, 0.3) is 0 Å². The van der Waals surface area contributed by atoms with E-state index in [9.17, 15) is 0 Å². The maximum absolute atomic E-state index is 5.60. The van der Waals surface area contributed by atoms with Crippen molar-refractivity contribution in [1.82, 2.24) is 0 Å². The average Bonchev–Trinajstić information content (AvgIpc) is 2.12. The van der Waals surface area contributed by atoms with Crippen molar-refractivity contribution in [3.63, 3.8) is 0 Å². The zero-order valence-corrected chi connectivity index (χ0v) is 9.08. The Kier molecular flexibility index (Phi) is 8.40. The fraction of sp³-hybridized carbons (Fsp3) is 1.00. The molecule has 2 unspecified atom stereocenters. The van der Waals surface area contributed by atoms with Crippen molar-refractivity contribution < 1.29 is 9.47 Å². The zero-order chi connectivity index (χ0) is 10.1. The van der Waals surface area contributed by atoms with Crippen molar-refractivity contribution in [3.05, 3.63) is 0 Å². The Labute approximate surface area is 81.6 Å². The van der Waals surface area contributed by atoms with Crippen molar-refractivity contribution in [2.24, 2.45) is 11.7 Å². The summed E-state index contributed by atoms with van der Waals surface area (Å²) in [7, 11) is 1.67. The SMILES string of the molecule is CCCC(C)COC(CN)COC. The predicted octanol–water partition coefficient (Wildman–Crippen LogP) is 1.41. The maximum Gasteiger partial charge on any atom is 0.0930 e. The standard InChI is InChI=1S/C10H23NO2/c1-4-5-9(2)7-13-10(6-11)8-12-3/h9-10H,4-8,11H2,1-3H3. The van der Waals surface area contributed by atoms with E-state index in [1.807, 2.05) is 0 Å². The lowest BCUT2D eigenvalue weighted by Gasteiger charge is -2.17. The molecule has 0 aliphatic rings. The van der Waals surface area contributed by atoms with Crippen LogP contribution in [0.15, 0.2) is 0 Å². The minimum atomic E-state index is 0.0595. The number of nitrogens with two attached hydrogens (primary N) is 1. The van der Waals surface area contributed by atoms with Gasteiger partial charge in [-0.05, 0) is 12.3 Å². The van der Waals surface area contributed by atoms with Crippen LogP contribution >= 0.6 is 0 Å². The lowest BCUT2D eigenvalue weighted by Crippen LogP contribution is -2.29. The largest absolute Gasteiger partial charge is 0.382 e. The van der Waals surface area contributed by atoms with Crippen LogP contribution in [0.5, 0.6) is 0 Å². The van der Waals surface area contributed by atoms with Gasteiger partial charge < -0.3 is 15.2 Å². The van der Waals surface area contributed by atoms with Crippen LogP contribution in [0.25, 0.3) is 0 Å². The van der Waals surface area contributed by atoms with E-state index in [1.54, 1.807) is 7.11 Å². The third kappa shape index (κ3) is 6.99. The Balaban J connectivity index is 3.46. The third-order valence-electron chi connectivity index (χ3n) is 2.01. The topological polar surface area (TPSA) is 44.5 Å². The summed E-state index contributed by atoms with van der Waals surface area (Å²) in [5, 5.41) is 0. The van der Waals surface area contributed by atoms with Gasteiger partial charge in [0.15, 0.2) is 0 Å². The van der Waals surface area contributed by atoms with Gasteiger partial charge in [0, 0.05) is 20.3 Å². The molecule has 0 aliphatic carbocycles. The van der Waals surface area contributed by atoms with Crippen LogP contribution in [0.4, 0.5) is 0 Å². The molecular formula is C10H23NO2. The van der Waals surface area contributed by atoms with Crippen LogP contribution in [0.3, 0.4) is 0 Å². The quantitative estimate of drug-likeness (QED) is 0.628. The van der Waals surface area contributed by atoms with Crippen LogP contribution < -0.4 is 5.73 Å². The van der Waals surface area contributed by atoms with E-state index in [0.717, 1.165) is 6.61 Å². The highest BCUT2D eigenvalue weighted by molar-refractivity contribution is 4.58. The molecule has 13 heavy (non-hydrogen) atoms. The van der Waals surface area contributed by atoms with Gasteiger partial charge in [-0.15, -0.1) is 0 Å². The molecule has 0 fully saturated rings. The second-order valence-electron chi connectivity index (χ2n) is 3.54. The molecule has 3 nitrogen and oxygen atoms in total. The molecular weight excluding hydrogens is 166 g/mol. The predicted molar refractivity (Wildman–Crippen MR) is 54.7 cm³/mol. The minimum Gasteiger partial charge on any atom is -0.382 e. The lowest BCUT2D eigenvalue weighted by molar-refractivity contribution is -0.0106. The number of ether oxygens (including phenoxy) is 2. The Morgan fingerprint density at radius 1 is 1.31 bits per heavy atom. The summed E-state index contributed by atoms with van der Waals surface area (Å²) in [5.41, 5.74) is 5.51. The summed E-state index contributed by atoms with van der Waals surface area (Å²) in [6, 6.07) is 0. The number of hydrogen-bond donors (Lipinski definition) is 1. The molecule has 80 valence electrons. The summed E-state index contributed by atoms with van der Waals surface area (Å²) in [6.07, 6.45) is 2.48. The molecule has 0 rings (SSSR count). The third-order valence-corrected chi connectivity index (χ3v) is 2.01. The van der Waals surface area contributed by atoms with Gasteiger partial charge in [-0.2, -0.15) is 0 Å². The molecule has 0 aliphatic heterocycles. The molecule has 0 radical (unpaired) electrons. The van der Waals surface area contributed by atoms with Crippen LogP contribution in [-0.4, -0.2) is 33.0 Å². The van der Waals surface area contributed by atoms with Gasteiger partial charge in [-0.1, -0.05) is 20.3 Å². The van der Waals surface area contributed by atoms with Crippen molar-refractivity contribution in [2.75, 3.05) is 26.9 Å². The molecule has 0 heterocycles. The van der Waals surface area contributed by atoms with Crippen molar-refractivity contribution in [3.8, 4) is 0 Å². The fourth-order valence-electron chi connectivity index (χ4n) is 1.25. The van der Waals surface area contributed by atoms with Gasteiger partial charge in [0.05, 0.1) is 12.7 Å². The molecule has 3 heteroatoms. The number of rotatable bonds is 8. The Hall–Kier alpha value is -0.120. The Morgan fingerprint density at radius 3 is 2.46 bits per heavy atom. The van der Waals surface area contributed by atoms with Crippen LogP contribution in [-0.2, 0) is 9.47 Å². The van der Waals surface area contributed by atoms with E-state index in [-0.39, 0.29) is 6.10 Å². The first-order valence-electron chi connectivity index (χ1n) is 5.05. The van der Waals surface area contributed by atoms with E-state index < -0.39 is 0 Å². The fourth-order valence-corrected chi connectivity index (χ4v) is 1.25. The van der Waals surface area contributed by atoms with E-state index in [4.69, 9.17) is 15.2 Å². The Morgan fingerprint density at radius 2 is 2.00 bits per heavy atom. The first-order chi connectivity index (χ1) is 6.24. The highest BCUT2D eigenvalue weighted by Gasteiger charge is 2.08. The van der Waals surface area contributed by atoms with Gasteiger partial charge in [-0.25, -0.2) is 0 Å². The monoisotopic (exact) mass is 189 g/mol. The van der Waals surface area contributed by atoms with E-state index >= 15 is 0 Å². The number of hydrogen-bond acceptors (Lipinski definition) is 3. The van der Waals surface area contributed by atoms with E-state index in [1.165, 1.54) is 12.8 Å². The summed E-state index contributed by atoms with van der Waals surface area (Å²) < 4.78 is 10.6. The lowest BCUT2D eigenvalue weighted by atomic mass is 10.1. The Bertz CT molecular complexity index is 109. The van der Waals surface area contributed by atoms with E-state index in [0.29, 0.717) is 19.1 Å². The zero-order valence-electron chi connectivity index (χ0n) is 9.08. The second-order valence-corrected chi connectivity index (χ2v) is 3.54. The van der Waals surface area contributed by atoms with Crippen molar-refractivity contribution in [2.45, 2.75) is 32.8 Å². The summed E-state index contributed by atoms with van der Waals surface area (Å²) >= 11 is 0. The van der Waals surface area contributed by atoms with Gasteiger partial charge in [0.2, 0.25) is 0 Å². The summed E-state index contributed by atoms with van der Waals surface area (Å²) in [6.45, 7) is 6.30. The van der Waals surface area contributed by atoms with Crippen molar-refractivity contribution >= 4 is 0 Å². The molecule has 0 saturated heterocycles. The minimum absolute atomic E-state index is 0.0595. The molecule has 0 spiro atoms. The molecule has 0 bridgehead atoms. The van der Waals surface area contributed by atoms with Gasteiger partial charge in [0.1, 0.15) is 0 Å². The normalized spacial score (nSPS) is 15.7. The smallest absolute Gasteiger partial charge is 0.0930 e. The first kappa shape index (κ1) is 12.9. The molecule has 0 saturated carbocycles. The number of methoxy groups -OCH3 is 1. The maximum atomic E-state index is 5.60. The summed E-state index contributed by atoms with van der Waals surface area (Å²) in [4.78, 5) is 0. The molecule has 0 aromatic rings. The molecule has 0 aromatic heterocycles. The van der Waals surface area contributed by atoms with Crippen LogP contribution in [0.1, 0.15) is 26.7 Å². The molecule has 0 amide bonds. The van der Waals surface area contributed by atoms with Crippen LogP contribution in [0.2, 0.25) is 0 Å². The molecule has 2 atom stereocenters. The van der Waals surface area contributed by atoms with Crippen molar-refractivity contribution in [1.29, 1.82) is 0 Å².